The second kappa shape index (κ2) is 6.02. The van der Waals surface area contributed by atoms with Gasteiger partial charge in [-0.25, -0.2) is 17.2 Å². The highest BCUT2D eigenvalue weighted by atomic mass is 32.2. The zero-order valence-corrected chi connectivity index (χ0v) is 13.2. The van der Waals surface area contributed by atoms with Crippen molar-refractivity contribution in [1.82, 2.24) is 0 Å². The molecular weight excluding hydrogens is 320 g/mol. The van der Waals surface area contributed by atoms with Crippen LogP contribution < -0.4 is 5.73 Å². The van der Waals surface area contributed by atoms with Crippen molar-refractivity contribution >= 4 is 9.84 Å². The molecule has 0 radical (unpaired) electrons. The van der Waals surface area contributed by atoms with Gasteiger partial charge in [0.25, 0.3) is 0 Å². The van der Waals surface area contributed by atoms with Gasteiger partial charge in [-0.3, -0.25) is 0 Å². The molecule has 1 aliphatic carbocycles. The van der Waals surface area contributed by atoms with Crippen LogP contribution in [0.5, 0.6) is 0 Å². The van der Waals surface area contributed by atoms with Crippen LogP contribution in [-0.2, 0) is 16.3 Å². The van der Waals surface area contributed by atoms with E-state index in [1.165, 1.54) is 18.2 Å². The molecule has 3 rings (SSSR count). The van der Waals surface area contributed by atoms with Crippen LogP contribution in [0.25, 0.3) is 0 Å². The molecule has 0 saturated heterocycles. The summed E-state index contributed by atoms with van der Waals surface area (Å²) >= 11 is 0. The molecule has 1 aliphatic rings. The van der Waals surface area contributed by atoms with E-state index in [2.05, 4.69) is 0 Å². The van der Waals surface area contributed by atoms with Crippen molar-refractivity contribution in [3.8, 4) is 0 Å². The van der Waals surface area contributed by atoms with Crippen molar-refractivity contribution < 1.29 is 17.2 Å². The minimum absolute atomic E-state index is 0.0790. The van der Waals surface area contributed by atoms with Crippen molar-refractivity contribution in [3.63, 3.8) is 0 Å². The summed E-state index contributed by atoms with van der Waals surface area (Å²) in [5.41, 5.74) is 6.90. The summed E-state index contributed by atoms with van der Waals surface area (Å²) in [6.07, 6.45) is 2.27. The molecule has 1 atom stereocenters. The minimum atomic E-state index is -3.95. The van der Waals surface area contributed by atoms with Crippen molar-refractivity contribution in [2.24, 2.45) is 5.73 Å². The van der Waals surface area contributed by atoms with Crippen LogP contribution >= 0.6 is 0 Å². The molecule has 0 bridgehead atoms. The molecule has 2 aromatic rings. The van der Waals surface area contributed by atoms with E-state index in [0.717, 1.165) is 31.0 Å². The fourth-order valence-electron chi connectivity index (χ4n) is 3.16. The van der Waals surface area contributed by atoms with E-state index in [4.69, 9.17) is 5.73 Å². The van der Waals surface area contributed by atoms with Crippen molar-refractivity contribution in [2.45, 2.75) is 35.0 Å². The lowest BCUT2D eigenvalue weighted by atomic mass is 9.82. The number of sulfone groups is 1. The van der Waals surface area contributed by atoms with Crippen molar-refractivity contribution in [2.75, 3.05) is 6.54 Å². The first-order valence-electron chi connectivity index (χ1n) is 7.46. The van der Waals surface area contributed by atoms with Crippen LogP contribution in [0.1, 0.15) is 29.9 Å². The summed E-state index contributed by atoms with van der Waals surface area (Å²) in [6.45, 7) is 0.333. The van der Waals surface area contributed by atoms with Gasteiger partial charge in [-0.2, -0.15) is 0 Å². The Bertz CT molecular complexity index is 850. The van der Waals surface area contributed by atoms with E-state index in [1.54, 1.807) is 0 Å². The molecule has 0 fully saturated rings. The Kier molecular flexibility index (Phi) is 4.21. The lowest BCUT2D eigenvalue weighted by Gasteiger charge is -2.25. The molecule has 0 aliphatic heterocycles. The molecule has 3 nitrogen and oxygen atoms in total. The zero-order chi connectivity index (χ0) is 16.6. The van der Waals surface area contributed by atoms with Crippen LogP contribution in [0.15, 0.2) is 46.2 Å². The van der Waals surface area contributed by atoms with E-state index in [0.29, 0.717) is 24.1 Å². The van der Waals surface area contributed by atoms with Crippen LogP contribution in [0.3, 0.4) is 0 Å². The fourth-order valence-corrected chi connectivity index (χ4v) is 4.51. The molecule has 6 heteroatoms. The summed E-state index contributed by atoms with van der Waals surface area (Å²) in [7, 11) is -3.95. The highest BCUT2D eigenvalue weighted by Crippen LogP contribution is 2.35. The number of hydrogen-bond acceptors (Lipinski definition) is 3. The fraction of sp³-hybridized carbons (Fsp3) is 0.294. The summed E-state index contributed by atoms with van der Waals surface area (Å²) in [4.78, 5) is -0.319. The van der Waals surface area contributed by atoms with Crippen LogP contribution in [0.2, 0.25) is 0 Å². The Morgan fingerprint density at radius 1 is 1.13 bits per heavy atom. The van der Waals surface area contributed by atoms with Gasteiger partial charge in [0.1, 0.15) is 11.6 Å². The van der Waals surface area contributed by atoms with E-state index in [9.17, 15) is 17.2 Å². The van der Waals surface area contributed by atoms with Crippen molar-refractivity contribution in [3.05, 3.63) is 59.2 Å². The average molecular weight is 337 g/mol. The summed E-state index contributed by atoms with van der Waals surface area (Å²) in [5, 5.41) is 0. The predicted molar refractivity (Wildman–Crippen MR) is 83.0 cm³/mol. The first-order valence-corrected chi connectivity index (χ1v) is 8.95. The monoisotopic (exact) mass is 337 g/mol. The third-order valence-electron chi connectivity index (χ3n) is 4.30. The highest BCUT2D eigenvalue weighted by molar-refractivity contribution is 7.91. The number of nitrogens with two attached hydrogens (primary N) is 1. The molecule has 0 heterocycles. The first kappa shape index (κ1) is 16.1. The molecule has 0 amide bonds. The quantitative estimate of drug-likeness (QED) is 0.936. The maximum atomic E-state index is 14.5. The summed E-state index contributed by atoms with van der Waals surface area (Å²) < 4.78 is 53.0. The number of aryl methyl sites for hydroxylation is 1. The van der Waals surface area contributed by atoms with E-state index < -0.39 is 21.5 Å². The van der Waals surface area contributed by atoms with Gasteiger partial charge in [0.2, 0.25) is 9.84 Å². The normalized spacial score (nSPS) is 17.8. The molecular formula is C17H17F2NO2S. The van der Waals surface area contributed by atoms with Gasteiger partial charge in [-0.1, -0.05) is 6.07 Å². The van der Waals surface area contributed by atoms with E-state index in [1.807, 2.05) is 0 Å². The Labute approximate surface area is 134 Å². The number of rotatable bonds is 3. The Morgan fingerprint density at radius 3 is 2.61 bits per heavy atom. The third-order valence-corrected chi connectivity index (χ3v) is 6.03. The van der Waals surface area contributed by atoms with Gasteiger partial charge >= 0.3 is 0 Å². The van der Waals surface area contributed by atoms with Gasteiger partial charge < -0.3 is 5.73 Å². The van der Waals surface area contributed by atoms with Crippen molar-refractivity contribution in [1.29, 1.82) is 0 Å². The molecule has 2 N–H and O–H groups in total. The first-order chi connectivity index (χ1) is 10.9. The van der Waals surface area contributed by atoms with E-state index in [-0.39, 0.29) is 15.7 Å². The molecule has 2 aromatic carbocycles. The topological polar surface area (TPSA) is 60.2 Å². The maximum Gasteiger partial charge on any atom is 0.206 e. The maximum absolute atomic E-state index is 14.5. The molecule has 0 unspecified atom stereocenters. The minimum Gasteiger partial charge on any atom is -0.330 e. The lowest BCUT2D eigenvalue weighted by Crippen LogP contribution is -2.20. The van der Waals surface area contributed by atoms with Gasteiger partial charge in [-0.15, -0.1) is 0 Å². The largest absolute Gasteiger partial charge is 0.330 e. The molecule has 122 valence electrons. The Morgan fingerprint density at radius 2 is 1.91 bits per heavy atom. The predicted octanol–water partition coefficient (Wildman–Crippen LogP) is 3.18. The van der Waals surface area contributed by atoms with Crippen LogP contribution in [-0.4, -0.2) is 15.0 Å². The molecule has 0 saturated carbocycles. The third kappa shape index (κ3) is 2.88. The standard InChI is InChI=1S/C17H17F2NO2S/c18-13-5-2-6-14(8-13)23(21,22)15-7-11-3-1-4-12(10-20)17(11)16(19)9-15/h2,5-9,12H,1,3-4,10,20H2/t12-/m0/s1. The van der Waals surface area contributed by atoms with Gasteiger partial charge in [-0.05, 0) is 73.2 Å². The van der Waals surface area contributed by atoms with Gasteiger partial charge in [0.15, 0.2) is 0 Å². The highest BCUT2D eigenvalue weighted by Gasteiger charge is 2.27. The number of hydrogen-bond donors (Lipinski definition) is 1. The van der Waals surface area contributed by atoms with Gasteiger partial charge in [0.05, 0.1) is 9.79 Å². The molecule has 23 heavy (non-hydrogen) atoms. The number of fused-ring (bicyclic) bond motifs is 1. The molecule has 0 spiro atoms. The Hall–Kier alpha value is -1.79. The second-order valence-electron chi connectivity index (χ2n) is 5.76. The van der Waals surface area contributed by atoms with Crippen LogP contribution in [0.4, 0.5) is 8.78 Å². The smallest absolute Gasteiger partial charge is 0.206 e. The summed E-state index contributed by atoms with van der Waals surface area (Å²) in [6, 6.07) is 7.25. The number of halogens is 2. The SMILES string of the molecule is NC[C@@H]1CCCc2cc(S(=O)(=O)c3cccc(F)c3)cc(F)c21. The second-order valence-corrected chi connectivity index (χ2v) is 7.71. The summed E-state index contributed by atoms with van der Waals surface area (Å²) in [5.74, 6) is -1.27. The molecule has 0 aromatic heterocycles. The number of benzene rings is 2. The van der Waals surface area contributed by atoms with Crippen LogP contribution in [0, 0.1) is 11.6 Å². The average Bonchev–Trinajstić information content (AvgIpc) is 2.54. The zero-order valence-electron chi connectivity index (χ0n) is 12.4. The Balaban J connectivity index is 2.13. The van der Waals surface area contributed by atoms with E-state index >= 15 is 0 Å². The van der Waals surface area contributed by atoms with Gasteiger partial charge in [0, 0.05) is 0 Å². The lowest BCUT2D eigenvalue weighted by molar-refractivity contribution is 0.509.